The molecule has 2 rings (SSSR count). The molecule has 0 aliphatic rings. The second kappa shape index (κ2) is 5.60. The molecule has 0 saturated heterocycles. The summed E-state index contributed by atoms with van der Waals surface area (Å²) < 4.78 is 39.7. The zero-order valence-corrected chi connectivity index (χ0v) is 10.2. The molecule has 0 aliphatic carbocycles. The van der Waals surface area contributed by atoms with E-state index < -0.39 is 23.1 Å². The molecule has 0 aliphatic heterocycles. The Morgan fingerprint density at radius 3 is 2.42 bits per heavy atom. The van der Waals surface area contributed by atoms with Crippen molar-refractivity contribution in [2.24, 2.45) is 0 Å². The van der Waals surface area contributed by atoms with Crippen LogP contribution in [0.25, 0.3) is 0 Å². The fourth-order valence-corrected chi connectivity index (χ4v) is 1.59. The lowest BCUT2D eigenvalue weighted by molar-refractivity contribution is 0.549. The van der Waals surface area contributed by atoms with Crippen LogP contribution in [0.15, 0.2) is 30.5 Å². The van der Waals surface area contributed by atoms with Crippen LogP contribution in [-0.4, -0.2) is 11.5 Å². The fraction of sp³-hybridized carbons (Fsp3) is 0.154. The quantitative estimate of drug-likeness (QED) is 0.887. The fourth-order valence-electron chi connectivity index (χ4n) is 1.59. The molecule has 0 unspecified atom stereocenters. The maximum absolute atomic E-state index is 13.5. The molecule has 3 nitrogen and oxygen atoms in total. The minimum absolute atomic E-state index is 0.393. The first-order valence-electron chi connectivity index (χ1n) is 5.71. The normalized spacial score (nSPS) is 10.3. The summed E-state index contributed by atoms with van der Waals surface area (Å²) in [7, 11) is 0. The predicted molar refractivity (Wildman–Crippen MR) is 68.0 cm³/mol. The average Bonchev–Trinajstić information content (AvgIpc) is 2.35. The molecule has 1 aromatic carbocycles. The van der Waals surface area contributed by atoms with Gasteiger partial charge in [-0.25, -0.2) is 18.2 Å². The number of nitrogens with zero attached hydrogens (tertiary/aromatic N) is 1. The third kappa shape index (κ3) is 3.15. The average molecular weight is 267 g/mol. The molecular weight excluding hydrogens is 255 g/mol. The summed E-state index contributed by atoms with van der Waals surface area (Å²) in [6, 6.07) is 4.41. The number of hydrogen-bond acceptors (Lipinski definition) is 3. The Morgan fingerprint density at radius 1 is 1.11 bits per heavy atom. The van der Waals surface area contributed by atoms with E-state index in [0.717, 1.165) is 0 Å². The molecule has 0 amide bonds. The molecule has 0 saturated carbocycles. The van der Waals surface area contributed by atoms with Gasteiger partial charge in [0.15, 0.2) is 11.6 Å². The maximum atomic E-state index is 13.5. The Morgan fingerprint density at radius 2 is 1.79 bits per heavy atom. The number of hydrogen-bond donors (Lipinski definition) is 2. The molecule has 0 spiro atoms. The number of aromatic nitrogens is 1. The highest BCUT2D eigenvalue weighted by Gasteiger charge is 2.11. The Bertz CT molecular complexity index is 564. The van der Waals surface area contributed by atoms with E-state index in [9.17, 15) is 13.2 Å². The van der Waals surface area contributed by atoms with Gasteiger partial charge in [-0.15, -0.1) is 0 Å². The molecule has 0 radical (unpaired) electrons. The lowest BCUT2D eigenvalue weighted by atomic mass is 10.2. The summed E-state index contributed by atoms with van der Waals surface area (Å²) in [5, 5.41) is 5.54. The Kier molecular flexibility index (Phi) is 3.89. The maximum Gasteiger partial charge on any atom is 0.152 e. The van der Waals surface area contributed by atoms with E-state index in [1.807, 2.05) is 6.92 Å². The van der Waals surface area contributed by atoms with Crippen molar-refractivity contribution >= 4 is 17.2 Å². The summed E-state index contributed by atoms with van der Waals surface area (Å²) in [5.74, 6) is -2.35. The summed E-state index contributed by atoms with van der Waals surface area (Å²) in [4.78, 5) is 4.03. The zero-order valence-electron chi connectivity index (χ0n) is 10.2. The van der Waals surface area contributed by atoms with Crippen LogP contribution in [-0.2, 0) is 0 Å². The SMILES string of the molecule is CCNc1cc(Nc2c(F)cc(F)cc2F)ccn1. The van der Waals surface area contributed by atoms with E-state index in [1.165, 1.54) is 6.20 Å². The first-order chi connectivity index (χ1) is 9.10. The number of pyridine rings is 1. The van der Waals surface area contributed by atoms with Gasteiger partial charge in [0.2, 0.25) is 0 Å². The van der Waals surface area contributed by atoms with E-state index in [1.54, 1.807) is 12.1 Å². The van der Waals surface area contributed by atoms with Gasteiger partial charge in [0.1, 0.15) is 17.3 Å². The van der Waals surface area contributed by atoms with Gasteiger partial charge < -0.3 is 10.6 Å². The largest absolute Gasteiger partial charge is 0.370 e. The molecule has 2 aromatic rings. The van der Waals surface area contributed by atoms with E-state index >= 15 is 0 Å². The minimum Gasteiger partial charge on any atom is -0.370 e. The third-order valence-corrected chi connectivity index (χ3v) is 2.39. The lowest BCUT2D eigenvalue weighted by Gasteiger charge is -2.10. The molecule has 19 heavy (non-hydrogen) atoms. The second-order valence-electron chi connectivity index (χ2n) is 3.83. The van der Waals surface area contributed by atoms with Crippen LogP contribution in [0.4, 0.5) is 30.4 Å². The van der Waals surface area contributed by atoms with Gasteiger partial charge >= 0.3 is 0 Å². The van der Waals surface area contributed by atoms with Gasteiger partial charge in [-0.3, -0.25) is 0 Å². The number of anilines is 3. The van der Waals surface area contributed by atoms with Crippen LogP contribution in [0, 0.1) is 17.5 Å². The number of halogens is 3. The van der Waals surface area contributed by atoms with Crippen LogP contribution >= 0.6 is 0 Å². The van der Waals surface area contributed by atoms with Gasteiger partial charge in [0.25, 0.3) is 0 Å². The molecule has 100 valence electrons. The van der Waals surface area contributed by atoms with Gasteiger partial charge in [0, 0.05) is 36.6 Å². The molecule has 6 heteroatoms. The van der Waals surface area contributed by atoms with E-state index in [2.05, 4.69) is 15.6 Å². The topological polar surface area (TPSA) is 37.0 Å². The smallest absolute Gasteiger partial charge is 0.152 e. The molecular formula is C13H12F3N3. The van der Waals surface area contributed by atoms with Crippen molar-refractivity contribution in [1.82, 2.24) is 4.98 Å². The highest BCUT2D eigenvalue weighted by atomic mass is 19.1. The molecule has 1 aromatic heterocycles. The van der Waals surface area contributed by atoms with Crippen LogP contribution in [0.1, 0.15) is 6.92 Å². The number of nitrogens with one attached hydrogen (secondary N) is 2. The van der Waals surface area contributed by atoms with E-state index in [0.29, 0.717) is 30.2 Å². The second-order valence-corrected chi connectivity index (χ2v) is 3.83. The monoisotopic (exact) mass is 267 g/mol. The molecule has 1 heterocycles. The zero-order chi connectivity index (χ0) is 13.8. The standard InChI is InChI=1S/C13H12F3N3/c1-2-17-12-7-9(3-4-18-12)19-13-10(15)5-8(14)6-11(13)16/h3-7H,2H2,1H3,(H2,17,18,19). The van der Waals surface area contributed by atoms with Crippen molar-refractivity contribution < 1.29 is 13.2 Å². The first kappa shape index (κ1) is 13.2. The van der Waals surface area contributed by atoms with Gasteiger partial charge in [-0.2, -0.15) is 0 Å². The van der Waals surface area contributed by atoms with Gasteiger partial charge in [-0.1, -0.05) is 0 Å². The van der Waals surface area contributed by atoms with Crippen LogP contribution in [0.3, 0.4) is 0 Å². The molecule has 2 N–H and O–H groups in total. The summed E-state index contributed by atoms with van der Waals surface area (Å²) in [5.41, 5.74) is 0.0606. The molecule has 0 atom stereocenters. The predicted octanol–water partition coefficient (Wildman–Crippen LogP) is 3.67. The number of benzene rings is 1. The van der Waals surface area contributed by atoms with Crippen molar-refractivity contribution in [3.05, 3.63) is 47.9 Å². The third-order valence-electron chi connectivity index (χ3n) is 2.39. The van der Waals surface area contributed by atoms with E-state index in [-0.39, 0.29) is 0 Å². The van der Waals surface area contributed by atoms with Crippen molar-refractivity contribution in [2.45, 2.75) is 6.92 Å². The van der Waals surface area contributed by atoms with Crippen molar-refractivity contribution in [3.63, 3.8) is 0 Å². The van der Waals surface area contributed by atoms with E-state index in [4.69, 9.17) is 0 Å². The van der Waals surface area contributed by atoms with Gasteiger partial charge in [-0.05, 0) is 13.0 Å². The van der Waals surface area contributed by atoms with Crippen molar-refractivity contribution in [2.75, 3.05) is 17.2 Å². The van der Waals surface area contributed by atoms with Crippen LogP contribution in [0.2, 0.25) is 0 Å². The Balaban J connectivity index is 2.28. The highest BCUT2D eigenvalue weighted by molar-refractivity contribution is 5.63. The van der Waals surface area contributed by atoms with Gasteiger partial charge in [0.05, 0.1) is 0 Å². The summed E-state index contributed by atoms with van der Waals surface area (Å²) in [6.07, 6.45) is 1.50. The lowest BCUT2D eigenvalue weighted by Crippen LogP contribution is -2.02. The molecule has 0 fully saturated rings. The van der Waals surface area contributed by atoms with Crippen molar-refractivity contribution in [1.29, 1.82) is 0 Å². The van der Waals surface area contributed by atoms with Crippen LogP contribution < -0.4 is 10.6 Å². The Labute approximate surface area is 108 Å². The number of rotatable bonds is 4. The Hall–Kier alpha value is -2.24. The summed E-state index contributed by atoms with van der Waals surface area (Å²) in [6.45, 7) is 2.58. The summed E-state index contributed by atoms with van der Waals surface area (Å²) >= 11 is 0. The van der Waals surface area contributed by atoms with Crippen molar-refractivity contribution in [3.8, 4) is 0 Å². The first-order valence-corrected chi connectivity index (χ1v) is 5.71. The minimum atomic E-state index is -0.987. The highest BCUT2D eigenvalue weighted by Crippen LogP contribution is 2.25. The molecule has 0 bridgehead atoms. The van der Waals surface area contributed by atoms with Crippen LogP contribution in [0.5, 0.6) is 0 Å².